The van der Waals surface area contributed by atoms with Crippen molar-refractivity contribution in [3.05, 3.63) is 0 Å². The average Bonchev–Trinajstić information content (AvgIpc) is 1.79. The first kappa shape index (κ1) is 6.55. The van der Waals surface area contributed by atoms with E-state index in [4.69, 9.17) is 4.74 Å². The summed E-state index contributed by atoms with van der Waals surface area (Å²) >= 11 is 0. The summed E-state index contributed by atoms with van der Waals surface area (Å²) in [5.74, 6) is 0. The number of cyclic esters (lactones) is 1. The lowest BCUT2D eigenvalue weighted by molar-refractivity contribution is -0.801. The standard InChI is InChI=1S/C6H12NO2/c1-5-4-7(2,3)6(8)9-5/h5H,4H2,1-3H3/q+1. The third-order valence-electron chi connectivity index (χ3n) is 1.51. The van der Waals surface area contributed by atoms with Crippen molar-refractivity contribution in [3.63, 3.8) is 0 Å². The Morgan fingerprint density at radius 3 is 2.33 bits per heavy atom. The van der Waals surface area contributed by atoms with Gasteiger partial charge in [0.1, 0.15) is 6.54 Å². The number of quaternary nitrogens is 1. The molecule has 52 valence electrons. The predicted octanol–water partition coefficient (Wildman–Crippen LogP) is 0.602. The molecule has 1 saturated heterocycles. The molecular formula is C6H12NO2+. The molecule has 1 aliphatic rings. The topological polar surface area (TPSA) is 26.3 Å². The predicted molar refractivity (Wildman–Crippen MR) is 32.9 cm³/mol. The van der Waals surface area contributed by atoms with Gasteiger partial charge in [0, 0.05) is 0 Å². The Balaban J connectivity index is 2.70. The lowest BCUT2D eigenvalue weighted by Gasteiger charge is -2.14. The Labute approximate surface area is 54.8 Å². The molecule has 1 rings (SSSR count). The number of nitrogens with zero attached hydrogens (tertiary/aromatic N) is 1. The Morgan fingerprint density at radius 1 is 1.67 bits per heavy atom. The summed E-state index contributed by atoms with van der Waals surface area (Å²) in [6.07, 6.45) is -0.0324. The molecule has 3 heteroatoms. The molecule has 0 N–H and O–H groups in total. The minimum absolute atomic E-state index is 0.0903. The number of amides is 1. The highest BCUT2D eigenvalue weighted by atomic mass is 16.6. The van der Waals surface area contributed by atoms with Crippen molar-refractivity contribution in [3.8, 4) is 0 Å². The first-order valence-electron chi connectivity index (χ1n) is 3.06. The second kappa shape index (κ2) is 1.70. The maximum Gasteiger partial charge on any atom is 0.516 e. The van der Waals surface area contributed by atoms with Crippen LogP contribution in [0.15, 0.2) is 0 Å². The molecule has 1 amide bonds. The number of hydrogen-bond donors (Lipinski definition) is 0. The number of rotatable bonds is 0. The van der Waals surface area contributed by atoms with Crippen molar-refractivity contribution in [2.45, 2.75) is 13.0 Å². The summed E-state index contributed by atoms with van der Waals surface area (Å²) in [5, 5.41) is 0. The zero-order valence-electron chi connectivity index (χ0n) is 6.05. The lowest BCUT2D eigenvalue weighted by Crippen LogP contribution is -2.40. The molecule has 0 radical (unpaired) electrons. The fraction of sp³-hybridized carbons (Fsp3) is 0.833. The van der Waals surface area contributed by atoms with E-state index in [9.17, 15) is 4.79 Å². The van der Waals surface area contributed by atoms with Crippen LogP contribution in [0, 0.1) is 0 Å². The second-order valence-electron chi connectivity index (χ2n) is 3.06. The van der Waals surface area contributed by atoms with Crippen molar-refractivity contribution >= 4 is 6.09 Å². The van der Waals surface area contributed by atoms with Gasteiger partial charge in [-0.15, -0.1) is 0 Å². The van der Waals surface area contributed by atoms with Crippen molar-refractivity contribution < 1.29 is 14.0 Å². The summed E-state index contributed by atoms with van der Waals surface area (Å²) in [4.78, 5) is 10.9. The van der Waals surface area contributed by atoms with Crippen LogP contribution in [0.3, 0.4) is 0 Å². The zero-order chi connectivity index (χ0) is 7.07. The van der Waals surface area contributed by atoms with Gasteiger partial charge in [0.25, 0.3) is 0 Å². The summed E-state index contributed by atoms with van der Waals surface area (Å²) in [7, 11) is 3.71. The van der Waals surface area contributed by atoms with E-state index in [2.05, 4.69) is 0 Å². The van der Waals surface area contributed by atoms with E-state index >= 15 is 0 Å². The van der Waals surface area contributed by atoms with E-state index in [-0.39, 0.29) is 12.2 Å². The molecule has 0 aromatic carbocycles. The molecule has 1 fully saturated rings. The minimum Gasteiger partial charge on any atom is -0.411 e. The van der Waals surface area contributed by atoms with E-state index in [0.29, 0.717) is 4.48 Å². The van der Waals surface area contributed by atoms with Crippen LogP contribution in [-0.4, -0.2) is 37.3 Å². The monoisotopic (exact) mass is 130 g/mol. The van der Waals surface area contributed by atoms with E-state index in [1.807, 2.05) is 21.0 Å². The second-order valence-corrected chi connectivity index (χ2v) is 3.06. The first-order valence-corrected chi connectivity index (χ1v) is 3.06. The van der Waals surface area contributed by atoms with E-state index in [0.717, 1.165) is 6.54 Å². The Bertz CT molecular complexity index is 142. The number of carbonyl (C=O) groups excluding carboxylic acids is 1. The third kappa shape index (κ3) is 1.05. The normalized spacial score (nSPS) is 32.3. The Kier molecular flexibility index (Phi) is 1.24. The van der Waals surface area contributed by atoms with Crippen LogP contribution in [0.5, 0.6) is 0 Å². The van der Waals surface area contributed by atoms with Gasteiger partial charge in [0.2, 0.25) is 0 Å². The van der Waals surface area contributed by atoms with Gasteiger partial charge in [0.15, 0.2) is 6.10 Å². The van der Waals surface area contributed by atoms with Gasteiger partial charge in [-0.2, -0.15) is 4.79 Å². The number of carbonyl (C=O) groups is 1. The van der Waals surface area contributed by atoms with Crippen LogP contribution in [0.2, 0.25) is 0 Å². The molecule has 1 heterocycles. The summed E-state index contributed by atoms with van der Waals surface area (Å²) in [6.45, 7) is 2.70. The maximum absolute atomic E-state index is 10.9. The molecule has 1 atom stereocenters. The Morgan fingerprint density at radius 2 is 2.22 bits per heavy atom. The van der Waals surface area contributed by atoms with Gasteiger partial charge in [-0.3, -0.25) is 0 Å². The summed E-state index contributed by atoms with van der Waals surface area (Å²) in [5.41, 5.74) is 0. The zero-order valence-corrected chi connectivity index (χ0v) is 6.05. The van der Waals surface area contributed by atoms with Crippen molar-refractivity contribution in [2.24, 2.45) is 0 Å². The summed E-state index contributed by atoms with van der Waals surface area (Å²) in [6, 6.07) is 0. The first-order chi connectivity index (χ1) is 4.02. The van der Waals surface area contributed by atoms with Gasteiger partial charge < -0.3 is 4.74 Å². The molecule has 0 saturated carbocycles. The van der Waals surface area contributed by atoms with Gasteiger partial charge in [-0.05, 0) is 6.92 Å². The summed E-state index contributed by atoms with van der Waals surface area (Å²) < 4.78 is 5.27. The fourth-order valence-corrected chi connectivity index (χ4v) is 1.07. The Hall–Kier alpha value is -0.570. The molecule has 1 unspecified atom stereocenters. The fourth-order valence-electron chi connectivity index (χ4n) is 1.07. The number of hydrogen-bond acceptors (Lipinski definition) is 2. The van der Waals surface area contributed by atoms with Gasteiger partial charge in [-0.25, -0.2) is 4.48 Å². The smallest absolute Gasteiger partial charge is 0.411 e. The number of ether oxygens (including phenoxy) is 1. The van der Waals surface area contributed by atoms with E-state index in [1.54, 1.807) is 0 Å². The van der Waals surface area contributed by atoms with Crippen LogP contribution in [0.4, 0.5) is 4.79 Å². The lowest BCUT2D eigenvalue weighted by atomic mass is 10.4. The molecule has 9 heavy (non-hydrogen) atoms. The molecule has 3 nitrogen and oxygen atoms in total. The SMILES string of the molecule is CC1C[N+](C)(C)C(=O)O1. The molecule has 1 aliphatic heterocycles. The average molecular weight is 130 g/mol. The van der Waals surface area contributed by atoms with Crippen LogP contribution in [0.25, 0.3) is 0 Å². The highest BCUT2D eigenvalue weighted by Crippen LogP contribution is 2.14. The largest absolute Gasteiger partial charge is 0.516 e. The van der Waals surface area contributed by atoms with E-state index < -0.39 is 0 Å². The van der Waals surface area contributed by atoms with Crippen LogP contribution < -0.4 is 0 Å². The van der Waals surface area contributed by atoms with Gasteiger partial charge in [0.05, 0.1) is 14.1 Å². The quantitative estimate of drug-likeness (QED) is 0.449. The van der Waals surface area contributed by atoms with Crippen molar-refractivity contribution in [2.75, 3.05) is 20.6 Å². The van der Waals surface area contributed by atoms with Crippen LogP contribution in [0.1, 0.15) is 6.92 Å². The molecular weight excluding hydrogens is 118 g/mol. The molecule has 0 bridgehead atoms. The highest BCUT2D eigenvalue weighted by molar-refractivity contribution is 5.61. The van der Waals surface area contributed by atoms with Crippen LogP contribution >= 0.6 is 0 Å². The molecule has 0 spiro atoms. The van der Waals surface area contributed by atoms with Crippen molar-refractivity contribution in [1.29, 1.82) is 0 Å². The number of likely N-dealkylation sites (N-methyl/N-ethyl adjacent to an activating group) is 1. The third-order valence-corrected chi connectivity index (χ3v) is 1.51. The van der Waals surface area contributed by atoms with Gasteiger partial charge in [-0.1, -0.05) is 0 Å². The van der Waals surface area contributed by atoms with Crippen molar-refractivity contribution in [1.82, 2.24) is 0 Å². The van der Waals surface area contributed by atoms with Crippen LogP contribution in [-0.2, 0) is 4.74 Å². The minimum atomic E-state index is -0.123. The molecule has 0 aliphatic carbocycles. The molecule has 0 aromatic heterocycles. The highest BCUT2D eigenvalue weighted by Gasteiger charge is 2.39. The molecule has 0 aromatic rings. The van der Waals surface area contributed by atoms with E-state index in [1.165, 1.54) is 0 Å². The maximum atomic E-state index is 10.9. The van der Waals surface area contributed by atoms with Gasteiger partial charge >= 0.3 is 6.09 Å².